The number of pyridine rings is 1. The maximum absolute atomic E-state index is 5.15. The van der Waals surface area contributed by atoms with Gasteiger partial charge in [-0.15, -0.1) is 11.3 Å². The second-order valence-corrected chi connectivity index (χ2v) is 12.3. The molecule has 0 aliphatic heterocycles. The van der Waals surface area contributed by atoms with E-state index >= 15 is 0 Å². The van der Waals surface area contributed by atoms with Crippen LogP contribution in [0.4, 0.5) is 0 Å². The van der Waals surface area contributed by atoms with E-state index in [9.17, 15) is 0 Å². The minimum absolute atomic E-state index is 0.963. The van der Waals surface area contributed by atoms with Crippen LogP contribution in [0.3, 0.4) is 0 Å². The molecule has 0 N–H and O–H groups in total. The summed E-state index contributed by atoms with van der Waals surface area (Å²) in [5.74, 6) is 0. The minimum atomic E-state index is 0.963. The van der Waals surface area contributed by atoms with Crippen molar-refractivity contribution in [2.45, 2.75) is 0 Å². The van der Waals surface area contributed by atoms with Gasteiger partial charge in [0.25, 0.3) is 0 Å². The normalized spacial score (nSPS) is 11.6. The van der Waals surface area contributed by atoms with E-state index in [0.29, 0.717) is 0 Å². The quantitative estimate of drug-likeness (QED) is 0.203. The van der Waals surface area contributed by atoms with Crippen LogP contribution < -0.4 is 0 Å². The fourth-order valence-electron chi connectivity index (χ4n) is 6.55. The van der Waals surface area contributed by atoms with Gasteiger partial charge in [-0.1, -0.05) is 115 Å². The predicted molar refractivity (Wildman–Crippen MR) is 188 cm³/mol. The van der Waals surface area contributed by atoms with Crippen molar-refractivity contribution < 1.29 is 0 Å². The van der Waals surface area contributed by atoms with Gasteiger partial charge in [-0.3, -0.25) is 0 Å². The van der Waals surface area contributed by atoms with E-state index in [4.69, 9.17) is 4.98 Å². The first-order valence-electron chi connectivity index (χ1n) is 14.9. The molecule has 3 aromatic heterocycles. The van der Waals surface area contributed by atoms with Crippen LogP contribution in [0.1, 0.15) is 0 Å². The lowest BCUT2D eigenvalue weighted by Crippen LogP contribution is -1.95. The molecule has 0 fully saturated rings. The molecule has 0 aliphatic carbocycles. The second-order valence-electron chi connectivity index (χ2n) is 11.2. The van der Waals surface area contributed by atoms with Crippen molar-refractivity contribution in [2.24, 2.45) is 0 Å². The Balaban J connectivity index is 1.25. The third kappa shape index (κ3) is 3.98. The van der Waals surface area contributed by atoms with E-state index in [1.807, 2.05) is 17.4 Å². The first kappa shape index (κ1) is 25.0. The summed E-state index contributed by atoms with van der Waals surface area (Å²) in [5.41, 5.74) is 10.1. The Morgan fingerprint density at radius 2 is 1.05 bits per heavy atom. The smallest absolute Gasteiger partial charge is 0.0715 e. The minimum Gasteiger partial charge on any atom is -0.309 e. The molecular formula is C41H26N2S. The van der Waals surface area contributed by atoms with Gasteiger partial charge < -0.3 is 4.57 Å². The standard InChI is InChI=1S/C41H26N2S/c1-3-11-27(12-4-1)30-25-35(28-13-5-2-6-14-28)42-36(26-30)29-19-21-31(22-20-29)43-37-17-9-7-15-32(37)33-23-24-39-40(41(33)43)34-16-8-10-18-38(34)44-39/h1-26H. The highest BCUT2D eigenvalue weighted by Crippen LogP contribution is 2.43. The van der Waals surface area contributed by atoms with Crippen LogP contribution in [0.5, 0.6) is 0 Å². The SMILES string of the molecule is c1ccc(-c2cc(-c3ccccc3)nc(-c3ccc(-n4c5ccccc5c5ccc6sc7ccccc7c6c54)cc3)c2)cc1. The van der Waals surface area contributed by atoms with Gasteiger partial charge in [0.2, 0.25) is 0 Å². The molecule has 9 aromatic rings. The fourth-order valence-corrected chi connectivity index (χ4v) is 7.66. The average Bonchev–Trinajstić information content (AvgIpc) is 3.65. The number of rotatable bonds is 4. The zero-order valence-electron chi connectivity index (χ0n) is 23.8. The van der Waals surface area contributed by atoms with E-state index in [1.165, 1.54) is 47.5 Å². The zero-order chi connectivity index (χ0) is 29.0. The second kappa shape index (κ2) is 10.0. The molecule has 44 heavy (non-hydrogen) atoms. The monoisotopic (exact) mass is 578 g/mol. The molecule has 2 nitrogen and oxygen atoms in total. The van der Waals surface area contributed by atoms with Crippen LogP contribution in [0, 0.1) is 0 Å². The molecule has 0 unspecified atom stereocenters. The summed E-state index contributed by atoms with van der Waals surface area (Å²) >= 11 is 1.87. The molecule has 0 atom stereocenters. The third-order valence-corrected chi connectivity index (χ3v) is 9.73. The molecular weight excluding hydrogens is 553 g/mol. The molecule has 206 valence electrons. The maximum atomic E-state index is 5.15. The van der Waals surface area contributed by atoms with Crippen molar-refractivity contribution in [1.82, 2.24) is 9.55 Å². The van der Waals surface area contributed by atoms with Crippen molar-refractivity contribution in [3.8, 4) is 39.3 Å². The molecule has 0 amide bonds. The van der Waals surface area contributed by atoms with Gasteiger partial charge in [0.1, 0.15) is 0 Å². The fraction of sp³-hybridized carbons (Fsp3) is 0. The Bertz CT molecular complexity index is 2410. The Morgan fingerprint density at radius 1 is 0.432 bits per heavy atom. The summed E-state index contributed by atoms with van der Waals surface area (Å²) in [6.45, 7) is 0. The Labute approximate surface area is 259 Å². The van der Waals surface area contributed by atoms with Gasteiger partial charge in [-0.05, 0) is 53.6 Å². The van der Waals surface area contributed by atoms with E-state index in [1.54, 1.807) is 0 Å². The Morgan fingerprint density at radius 3 is 1.80 bits per heavy atom. The van der Waals surface area contributed by atoms with E-state index in [0.717, 1.165) is 33.8 Å². The van der Waals surface area contributed by atoms with Gasteiger partial charge >= 0.3 is 0 Å². The van der Waals surface area contributed by atoms with Crippen molar-refractivity contribution in [2.75, 3.05) is 0 Å². The van der Waals surface area contributed by atoms with Crippen LogP contribution in [0.2, 0.25) is 0 Å². The summed E-state index contributed by atoms with van der Waals surface area (Å²) in [4.78, 5) is 5.15. The molecule has 3 heteroatoms. The van der Waals surface area contributed by atoms with Crippen LogP contribution in [0.15, 0.2) is 158 Å². The van der Waals surface area contributed by atoms with Crippen molar-refractivity contribution in [3.05, 3.63) is 158 Å². The number of benzene rings is 6. The third-order valence-electron chi connectivity index (χ3n) is 8.60. The number of hydrogen-bond donors (Lipinski definition) is 0. The number of fused-ring (bicyclic) bond motifs is 7. The molecule has 0 bridgehead atoms. The van der Waals surface area contributed by atoms with Crippen LogP contribution in [-0.2, 0) is 0 Å². The number of thiophene rings is 1. The molecule has 9 rings (SSSR count). The average molecular weight is 579 g/mol. The lowest BCUT2D eigenvalue weighted by molar-refractivity contribution is 1.19. The zero-order valence-corrected chi connectivity index (χ0v) is 24.6. The lowest BCUT2D eigenvalue weighted by atomic mass is 10.00. The van der Waals surface area contributed by atoms with Crippen LogP contribution in [0.25, 0.3) is 81.3 Å². The topological polar surface area (TPSA) is 17.8 Å². The predicted octanol–water partition coefficient (Wildman–Crippen LogP) is 11.5. The highest BCUT2D eigenvalue weighted by Gasteiger charge is 2.18. The molecule has 0 aliphatic rings. The first-order valence-corrected chi connectivity index (χ1v) is 15.7. The Kier molecular flexibility index (Phi) is 5.71. The van der Waals surface area contributed by atoms with Gasteiger partial charge in [-0.2, -0.15) is 0 Å². The van der Waals surface area contributed by atoms with Crippen molar-refractivity contribution in [3.63, 3.8) is 0 Å². The first-order chi connectivity index (χ1) is 21.8. The van der Waals surface area contributed by atoms with Crippen LogP contribution in [-0.4, -0.2) is 9.55 Å². The van der Waals surface area contributed by atoms with E-state index in [-0.39, 0.29) is 0 Å². The summed E-state index contributed by atoms with van der Waals surface area (Å²) < 4.78 is 5.08. The number of hydrogen-bond acceptors (Lipinski definition) is 2. The largest absolute Gasteiger partial charge is 0.309 e. The van der Waals surface area contributed by atoms with E-state index in [2.05, 4.69) is 156 Å². The van der Waals surface area contributed by atoms with Gasteiger partial charge in [0.15, 0.2) is 0 Å². The summed E-state index contributed by atoms with van der Waals surface area (Å²) in [6, 6.07) is 56.4. The van der Waals surface area contributed by atoms with Crippen molar-refractivity contribution in [1.29, 1.82) is 0 Å². The van der Waals surface area contributed by atoms with Gasteiger partial charge in [0.05, 0.1) is 22.4 Å². The van der Waals surface area contributed by atoms with Crippen LogP contribution >= 0.6 is 11.3 Å². The Hall–Kier alpha value is -5.51. The summed E-state index contributed by atoms with van der Waals surface area (Å²) in [7, 11) is 0. The van der Waals surface area contributed by atoms with Gasteiger partial charge in [0, 0.05) is 47.8 Å². The molecule has 0 spiro atoms. The molecule has 3 heterocycles. The molecule has 0 saturated carbocycles. The number of aromatic nitrogens is 2. The van der Waals surface area contributed by atoms with Crippen molar-refractivity contribution >= 4 is 53.3 Å². The van der Waals surface area contributed by atoms with Gasteiger partial charge in [-0.25, -0.2) is 4.98 Å². The summed E-state index contributed by atoms with van der Waals surface area (Å²) in [5, 5.41) is 5.20. The van der Waals surface area contributed by atoms with E-state index < -0.39 is 0 Å². The highest BCUT2D eigenvalue weighted by molar-refractivity contribution is 7.26. The highest BCUT2D eigenvalue weighted by atomic mass is 32.1. The molecule has 0 saturated heterocycles. The number of nitrogens with zero attached hydrogens (tertiary/aromatic N) is 2. The molecule has 0 radical (unpaired) electrons. The maximum Gasteiger partial charge on any atom is 0.0715 e. The summed E-state index contributed by atoms with van der Waals surface area (Å²) in [6.07, 6.45) is 0. The lowest BCUT2D eigenvalue weighted by Gasteiger charge is -2.12. The molecule has 6 aromatic carbocycles. The number of para-hydroxylation sites is 1.